The molecule has 0 radical (unpaired) electrons. The molecule has 0 fully saturated rings. The van der Waals surface area contributed by atoms with Crippen molar-refractivity contribution < 1.29 is 13.2 Å². The Balaban J connectivity index is 2.96. The summed E-state index contributed by atoms with van der Waals surface area (Å²) in [5.74, 6) is -1.04. The van der Waals surface area contributed by atoms with Gasteiger partial charge < -0.3 is 5.73 Å². The zero-order valence-corrected chi connectivity index (χ0v) is 10.2. The maximum Gasteiger partial charge on any atom is 0.398 e. The zero-order valence-electron chi connectivity index (χ0n) is 7.81. The first-order chi connectivity index (χ1) is 7.33. The Morgan fingerprint density at radius 1 is 1.44 bits per heavy atom. The molecule has 2 nitrogen and oxygen atoms in total. The van der Waals surface area contributed by atoms with Crippen molar-refractivity contribution in [3.8, 4) is 6.07 Å². The number of rotatable bonds is 2. The van der Waals surface area contributed by atoms with Crippen molar-refractivity contribution in [1.82, 2.24) is 0 Å². The van der Waals surface area contributed by atoms with Crippen LogP contribution in [0.3, 0.4) is 0 Å². The average Bonchev–Trinajstić information content (AvgIpc) is 2.18. The van der Waals surface area contributed by atoms with Crippen molar-refractivity contribution in [3.63, 3.8) is 0 Å². The number of nitrogen functional groups attached to an aromatic ring is 1. The van der Waals surface area contributed by atoms with E-state index in [-0.39, 0.29) is 10.5 Å². The molecule has 86 valence electrons. The largest absolute Gasteiger partial charge is 0.398 e. The zero-order chi connectivity index (χ0) is 12.3. The van der Waals surface area contributed by atoms with Crippen molar-refractivity contribution in [3.05, 3.63) is 22.2 Å². The Morgan fingerprint density at radius 2 is 2.06 bits per heavy atom. The van der Waals surface area contributed by atoms with Crippen LogP contribution >= 0.6 is 27.7 Å². The topological polar surface area (TPSA) is 49.8 Å². The van der Waals surface area contributed by atoms with E-state index in [0.29, 0.717) is 21.9 Å². The van der Waals surface area contributed by atoms with E-state index in [4.69, 9.17) is 11.0 Å². The van der Waals surface area contributed by atoms with Crippen LogP contribution in [0, 0.1) is 11.3 Å². The highest BCUT2D eigenvalue weighted by Gasteiger charge is 2.27. The third-order valence-electron chi connectivity index (χ3n) is 1.61. The molecule has 7 heteroatoms. The number of nitrogens with two attached hydrogens (primary N) is 1. The smallest absolute Gasteiger partial charge is 0.398 e. The van der Waals surface area contributed by atoms with E-state index in [1.165, 1.54) is 12.1 Å². The minimum absolute atomic E-state index is 0.176. The maximum atomic E-state index is 12.0. The van der Waals surface area contributed by atoms with Gasteiger partial charge in [-0.1, -0.05) is 0 Å². The number of hydrogen-bond acceptors (Lipinski definition) is 3. The predicted molar refractivity (Wildman–Crippen MR) is 60.0 cm³/mol. The summed E-state index contributed by atoms with van der Waals surface area (Å²) in [6, 6.07) is 4.60. The Labute approximate surface area is 103 Å². The molecule has 1 rings (SSSR count). The molecular formula is C9H6BrF3N2S. The maximum absolute atomic E-state index is 12.0. The summed E-state index contributed by atoms with van der Waals surface area (Å²) >= 11 is 3.66. The lowest BCUT2D eigenvalue weighted by molar-refractivity contribution is -0.105. The fourth-order valence-electron chi connectivity index (χ4n) is 0.935. The molecule has 0 aliphatic carbocycles. The van der Waals surface area contributed by atoms with E-state index >= 15 is 0 Å². The molecule has 16 heavy (non-hydrogen) atoms. The lowest BCUT2D eigenvalue weighted by Gasteiger charge is -2.08. The Kier molecular flexibility index (Phi) is 4.10. The van der Waals surface area contributed by atoms with Gasteiger partial charge in [-0.25, -0.2) is 0 Å². The molecular weight excluding hydrogens is 305 g/mol. The molecule has 1 aromatic carbocycles. The van der Waals surface area contributed by atoms with Crippen molar-refractivity contribution in [2.45, 2.75) is 11.1 Å². The van der Waals surface area contributed by atoms with Crippen LogP contribution in [0.4, 0.5) is 18.9 Å². The minimum atomic E-state index is -4.26. The highest BCUT2D eigenvalue weighted by molar-refractivity contribution is 9.10. The molecule has 0 unspecified atom stereocenters. The monoisotopic (exact) mass is 310 g/mol. The van der Waals surface area contributed by atoms with Crippen molar-refractivity contribution in [2.75, 3.05) is 11.5 Å². The van der Waals surface area contributed by atoms with Crippen molar-refractivity contribution >= 4 is 33.4 Å². The van der Waals surface area contributed by atoms with E-state index in [1.54, 1.807) is 0 Å². The second kappa shape index (κ2) is 4.97. The summed E-state index contributed by atoms with van der Waals surface area (Å²) in [4.78, 5) is 0.237. The normalized spacial score (nSPS) is 11.2. The van der Waals surface area contributed by atoms with Gasteiger partial charge in [0.2, 0.25) is 0 Å². The van der Waals surface area contributed by atoms with Gasteiger partial charge in [0.05, 0.1) is 11.3 Å². The van der Waals surface area contributed by atoms with Crippen LogP contribution in [0.2, 0.25) is 0 Å². The number of nitrogens with zero attached hydrogens (tertiary/aromatic N) is 1. The van der Waals surface area contributed by atoms with Crippen LogP contribution in [0.15, 0.2) is 21.5 Å². The number of thioether (sulfide) groups is 1. The average molecular weight is 311 g/mol. The van der Waals surface area contributed by atoms with Gasteiger partial charge in [-0.05, 0) is 28.1 Å². The van der Waals surface area contributed by atoms with E-state index in [0.717, 1.165) is 0 Å². The van der Waals surface area contributed by atoms with Gasteiger partial charge in [-0.15, -0.1) is 11.8 Å². The standard InChI is InChI=1S/C9H6BrF3N2S/c10-6-1-5(3-14)8(2-7(6)15)16-4-9(11,12)13/h1-2H,4,15H2. The molecule has 0 saturated carbocycles. The van der Waals surface area contributed by atoms with Crippen molar-refractivity contribution in [2.24, 2.45) is 0 Å². The lowest BCUT2D eigenvalue weighted by atomic mass is 10.2. The Morgan fingerprint density at radius 3 is 2.56 bits per heavy atom. The SMILES string of the molecule is N#Cc1cc(Br)c(N)cc1SCC(F)(F)F. The minimum Gasteiger partial charge on any atom is -0.398 e. The number of benzene rings is 1. The number of hydrogen-bond donors (Lipinski definition) is 1. The molecule has 0 spiro atoms. The molecule has 2 N–H and O–H groups in total. The van der Waals surface area contributed by atoms with E-state index in [1.807, 2.05) is 6.07 Å². The van der Waals surface area contributed by atoms with Crippen LogP contribution in [-0.2, 0) is 0 Å². The molecule has 0 aromatic heterocycles. The fourth-order valence-corrected chi connectivity index (χ4v) is 2.07. The van der Waals surface area contributed by atoms with Crippen LogP contribution in [0.25, 0.3) is 0 Å². The number of anilines is 1. The van der Waals surface area contributed by atoms with E-state index < -0.39 is 11.9 Å². The summed E-state index contributed by atoms with van der Waals surface area (Å²) in [6.07, 6.45) is -4.26. The third-order valence-corrected chi connectivity index (χ3v) is 3.42. The van der Waals surface area contributed by atoms with Crippen LogP contribution in [0.5, 0.6) is 0 Å². The van der Waals surface area contributed by atoms with Gasteiger partial charge >= 0.3 is 6.18 Å². The van der Waals surface area contributed by atoms with Gasteiger partial charge in [-0.3, -0.25) is 0 Å². The van der Waals surface area contributed by atoms with Gasteiger partial charge in [-0.2, -0.15) is 18.4 Å². The van der Waals surface area contributed by atoms with Gasteiger partial charge in [0.25, 0.3) is 0 Å². The second-order valence-electron chi connectivity index (χ2n) is 2.89. The Bertz CT molecular complexity index is 440. The number of nitriles is 1. The van der Waals surface area contributed by atoms with Gasteiger partial charge in [0.1, 0.15) is 6.07 Å². The van der Waals surface area contributed by atoms with Gasteiger partial charge in [0.15, 0.2) is 0 Å². The first-order valence-corrected chi connectivity index (χ1v) is 5.80. The summed E-state index contributed by atoms with van der Waals surface area (Å²) in [5, 5.41) is 8.76. The molecule has 0 bridgehead atoms. The second-order valence-corrected chi connectivity index (χ2v) is 4.76. The summed E-state index contributed by atoms with van der Waals surface area (Å²) in [5.41, 5.74) is 6.02. The number of alkyl halides is 3. The van der Waals surface area contributed by atoms with E-state index in [9.17, 15) is 13.2 Å². The highest BCUT2D eigenvalue weighted by Crippen LogP contribution is 2.33. The molecule has 0 aliphatic heterocycles. The lowest BCUT2D eigenvalue weighted by Crippen LogP contribution is -2.10. The first kappa shape index (κ1) is 13.2. The van der Waals surface area contributed by atoms with Crippen LogP contribution in [0.1, 0.15) is 5.56 Å². The predicted octanol–water partition coefficient (Wildman–Crippen LogP) is 3.56. The number of halogens is 4. The molecule has 0 atom stereocenters. The first-order valence-electron chi connectivity index (χ1n) is 4.02. The Hall–Kier alpha value is -0.870. The van der Waals surface area contributed by atoms with Crippen molar-refractivity contribution in [1.29, 1.82) is 5.26 Å². The molecule has 0 aliphatic rings. The third kappa shape index (κ3) is 3.61. The van der Waals surface area contributed by atoms with Crippen LogP contribution < -0.4 is 5.73 Å². The van der Waals surface area contributed by atoms with E-state index in [2.05, 4.69) is 15.9 Å². The summed E-state index contributed by atoms with van der Waals surface area (Å²) in [6.45, 7) is 0. The summed E-state index contributed by atoms with van der Waals surface area (Å²) < 4.78 is 36.5. The highest BCUT2D eigenvalue weighted by atomic mass is 79.9. The van der Waals surface area contributed by atoms with Crippen LogP contribution in [-0.4, -0.2) is 11.9 Å². The fraction of sp³-hybridized carbons (Fsp3) is 0.222. The molecule has 0 amide bonds. The molecule has 0 saturated heterocycles. The summed E-state index contributed by atoms with van der Waals surface area (Å²) in [7, 11) is 0. The molecule has 1 aromatic rings. The molecule has 0 heterocycles. The van der Waals surface area contributed by atoms with Gasteiger partial charge in [0, 0.05) is 15.1 Å². The quantitative estimate of drug-likeness (QED) is 0.671.